The van der Waals surface area contributed by atoms with Crippen LogP contribution in [0.5, 0.6) is 0 Å². The van der Waals surface area contributed by atoms with Crippen molar-refractivity contribution in [2.75, 3.05) is 19.8 Å². The van der Waals surface area contributed by atoms with Gasteiger partial charge in [-0.2, -0.15) is 0 Å². The number of aromatic nitrogens is 1. The maximum absolute atomic E-state index is 12.4. The highest BCUT2D eigenvalue weighted by Gasteiger charge is 2.17. The molecule has 0 radical (unpaired) electrons. The molecule has 3 N–H and O–H groups in total. The summed E-state index contributed by atoms with van der Waals surface area (Å²) in [4.78, 5) is 27.3. The molecule has 1 atom stereocenters. The number of hydrogen-bond donors (Lipinski definition) is 3. The molecule has 0 saturated heterocycles. The Morgan fingerprint density at radius 3 is 2.53 bits per heavy atom. The van der Waals surface area contributed by atoms with Gasteiger partial charge in [0.25, 0.3) is 5.91 Å². The fraction of sp³-hybridized carbons (Fsp3) is 0.522. The van der Waals surface area contributed by atoms with Crippen LogP contribution in [0.3, 0.4) is 0 Å². The van der Waals surface area contributed by atoms with Crippen LogP contribution in [0.15, 0.2) is 24.3 Å². The van der Waals surface area contributed by atoms with Crippen LogP contribution in [0.2, 0.25) is 0 Å². The van der Waals surface area contributed by atoms with E-state index in [1.807, 2.05) is 32.9 Å². The van der Waals surface area contributed by atoms with E-state index in [4.69, 9.17) is 14.9 Å². The zero-order chi connectivity index (χ0) is 21.9. The molecule has 0 aliphatic carbocycles. The van der Waals surface area contributed by atoms with E-state index in [1.165, 1.54) is 0 Å². The number of carbonyl (C=O) groups is 2. The number of fused-ring (bicyclic) bond motifs is 1. The molecular weight excluding hydrogens is 382 g/mol. The Morgan fingerprint density at radius 2 is 1.83 bits per heavy atom. The Labute approximate surface area is 178 Å². The number of nitrogens with one attached hydrogen (secondary N) is 3. The normalized spacial score (nSPS) is 11.8. The lowest BCUT2D eigenvalue weighted by Gasteiger charge is -2.13. The molecular formula is C23H33N3O4. The molecule has 1 heterocycles. The summed E-state index contributed by atoms with van der Waals surface area (Å²) in [6.07, 6.45) is 4.37. The van der Waals surface area contributed by atoms with Gasteiger partial charge in [0.1, 0.15) is 5.69 Å². The van der Waals surface area contributed by atoms with Crippen molar-refractivity contribution in [3.63, 3.8) is 0 Å². The summed E-state index contributed by atoms with van der Waals surface area (Å²) in [6.45, 7) is 7.13. The first-order valence-corrected chi connectivity index (χ1v) is 10.8. The van der Waals surface area contributed by atoms with Gasteiger partial charge in [-0.25, -0.2) is 0 Å². The van der Waals surface area contributed by atoms with Crippen molar-refractivity contribution < 1.29 is 19.1 Å². The van der Waals surface area contributed by atoms with Crippen LogP contribution in [0.25, 0.3) is 10.9 Å². The third-order valence-electron chi connectivity index (χ3n) is 5.04. The Morgan fingerprint density at radius 1 is 1.07 bits per heavy atom. The molecule has 1 unspecified atom stereocenters. The van der Waals surface area contributed by atoms with Gasteiger partial charge in [-0.3, -0.25) is 15.0 Å². The smallest absolute Gasteiger partial charge is 0.308 e. The van der Waals surface area contributed by atoms with Gasteiger partial charge in [0, 0.05) is 23.0 Å². The van der Waals surface area contributed by atoms with E-state index in [0.717, 1.165) is 43.0 Å². The van der Waals surface area contributed by atoms with Crippen LogP contribution in [0.4, 0.5) is 0 Å². The van der Waals surface area contributed by atoms with Crippen molar-refractivity contribution in [1.82, 2.24) is 10.3 Å². The molecule has 2 rings (SSSR count). The summed E-state index contributed by atoms with van der Waals surface area (Å²) in [5, 5.41) is 11.7. The second kappa shape index (κ2) is 12.0. The molecule has 0 bridgehead atoms. The van der Waals surface area contributed by atoms with Crippen LogP contribution < -0.4 is 5.32 Å². The van der Waals surface area contributed by atoms with Crippen LogP contribution in [0.1, 0.15) is 68.9 Å². The van der Waals surface area contributed by atoms with Crippen molar-refractivity contribution in [3.05, 3.63) is 35.5 Å². The lowest BCUT2D eigenvalue weighted by Crippen LogP contribution is -2.24. The Bertz CT molecular complexity index is 859. The molecule has 7 nitrogen and oxygen atoms in total. The Balaban J connectivity index is 1.77. The topological polar surface area (TPSA) is 104 Å². The molecule has 7 heteroatoms. The molecule has 0 spiro atoms. The average Bonchev–Trinajstić information content (AvgIpc) is 3.17. The van der Waals surface area contributed by atoms with E-state index in [1.54, 1.807) is 12.1 Å². The van der Waals surface area contributed by atoms with Gasteiger partial charge < -0.3 is 19.8 Å². The zero-order valence-electron chi connectivity index (χ0n) is 18.2. The van der Waals surface area contributed by atoms with Crippen LogP contribution in [-0.4, -0.2) is 42.5 Å². The predicted octanol–water partition coefficient (Wildman–Crippen LogP) is 4.41. The van der Waals surface area contributed by atoms with Crippen molar-refractivity contribution in [2.45, 2.75) is 52.9 Å². The maximum Gasteiger partial charge on any atom is 0.308 e. The first kappa shape index (κ1) is 23.4. The minimum Gasteiger partial charge on any atom is -0.478 e. The van der Waals surface area contributed by atoms with E-state index >= 15 is 0 Å². The first-order chi connectivity index (χ1) is 14.5. The van der Waals surface area contributed by atoms with Gasteiger partial charge in [-0.1, -0.05) is 19.8 Å². The molecule has 0 saturated carbocycles. The van der Waals surface area contributed by atoms with Crippen molar-refractivity contribution in [1.29, 1.82) is 5.41 Å². The molecule has 164 valence electrons. The fourth-order valence-corrected chi connectivity index (χ4v) is 3.36. The quantitative estimate of drug-likeness (QED) is 0.207. The number of amides is 1. The summed E-state index contributed by atoms with van der Waals surface area (Å²) in [5.74, 6) is -0.155. The number of hydrogen-bond acceptors (Lipinski definition) is 5. The van der Waals surface area contributed by atoms with E-state index in [0.29, 0.717) is 31.0 Å². The van der Waals surface area contributed by atoms with Gasteiger partial charge in [0.2, 0.25) is 5.90 Å². The molecule has 1 aromatic carbocycles. The molecule has 0 fully saturated rings. The summed E-state index contributed by atoms with van der Waals surface area (Å²) in [5.41, 5.74) is 2.03. The van der Waals surface area contributed by atoms with Gasteiger partial charge in [0.15, 0.2) is 0 Å². The second-order valence-electron chi connectivity index (χ2n) is 7.21. The zero-order valence-corrected chi connectivity index (χ0v) is 18.2. The summed E-state index contributed by atoms with van der Waals surface area (Å²) in [6, 6.07) is 7.29. The summed E-state index contributed by atoms with van der Waals surface area (Å²) >= 11 is 0. The average molecular weight is 416 g/mol. The minimum absolute atomic E-state index is 0.0278. The van der Waals surface area contributed by atoms with E-state index in [-0.39, 0.29) is 23.7 Å². The third kappa shape index (κ3) is 6.61. The lowest BCUT2D eigenvalue weighted by molar-refractivity contribution is -0.148. The van der Waals surface area contributed by atoms with E-state index < -0.39 is 0 Å². The third-order valence-corrected chi connectivity index (χ3v) is 5.04. The van der Waals surface area contributed by atoms with Gasteiger partial charge in [-0.05, 0) is 57.4 Å². The lowest BCUT2D eigenvalue weighted by atomic mass is 9.99. The Hall–Kier alpha value is -2.83. The number of carbonyl (C=O) groups excluding carboxylic acids is 2. The molecule has 30 heavy (non-hydrogen) atoms. The molecule has 1 aromatic heterocycles. The SMILES string of the molecule is CCOC(=N)c1ccc2[nH]c(C(=O)NCCCCCC(CC)C(=O)OCC)cc2c1. The van der Waals surface area contributed by atoms with Crippen LogP contribution in [0, 0.1) is 11.3 Å². The molecule has 2 aromatic rings. The largest absolute Gasteiger partial charge is 0.478 e. The maximum atomic E-state index is 12.4. The molecule has 0 aliphatic heterocycles. The van der Waals surface area contributed by atoms with E-state index in [2.05, 4.69) is 10.3 Å². The number of rotatable bonds is 12. The van der Waals surface area contributed by atoms with Gasteiger partial charge in [-0.15, -0.1) is 0 Å². The van der Waals surface area contributed by atoms with Gasteiger partial charge >= 0.3 is 5.97 Å². The minimum atomic E-state index is -0.148. The highest BCUT2D eigenvalue weighted by atomic mass is 16.5. The fourth-order valence-electron chi connectivity index (χ4n) is 3.36. The summed E-state index contributed by atoms with van der Waals surface area (Å²) in [7, 11) is 0. The molecule has 0 aliphatic rings. The number of H-pyrrole nitrogens is 1. The highest BCUT2D eigenvalue weighted by Crippen LogP contribution is 2.18. The number of aromatic amines is 1. The van der Waals surface area contributed by atoms with Crippen molar-refractivity contribution in [3.8, 4) is 0 Å². The Kier molecular flexibility index (Phi) is 9.38. The molecule has 1 amide bonds. The highest BCUT2D eigenvalue weighted by molar-refractivity contribution is 6.01. The number of benzene rings is 1. The second-order valence-corrected chi connectivity index (χ2v) is 7.21. The first-order valence-electron chi connectivity index (χ1n) is 10.8. The van der Waals surface area contributed by atoms with Crippen LogP contribution >= 0.6 is 0 Å². The predicted molar refractivity (Wildman–Crippen MR) is 118 cm³/mol. The van der Waals surface area contributed by atoms with Crippen LogP contribution in [-0.2, 0) is 14.3 Å². The number of unbranched alkanes of at least 4 members (excludes halogenated alkanes) is 2. The van der Waals surface area contributed by atoms with Crippen molar-refractivity contribution in [2.24, 2.45) is 5.92 Å². The van der Waals surface area contributed by atoms with Gasteiger partial charge in [0.05, 0.1) is 19.1 Å². The standard InChI is InChI=1S/C23H33N3O4/c1-4-16(23(28)30-6-3)10-8-7-9-13-25-22(27)20-15-18-14-17(21(24)29-5-2)11-12-19(18)26-20/h11-12,14-16,24,26H,4-10,13H2,1-3H3,(H,25,27). The number of esters is 1. The monoisotopic (exact) mass is 415 g/mol. The van der Waals surface area contributed by atoms with Crippen molar-refractivity contribution >= 4 is 28.7 Å². The van der Waals surface area contributed by atoms with E-state index in [9.17, 15) is 9.59 Å². The number of ether oxygens (including phenoxy) is 2. The summed E-state index contributed by atoms with van der Waals surface area (Å²) < 4.78 is 10.3.